The summed E-state index contributed by atoms with van der Waals surface area (Å²) in [6.45, 7) is 4.34. The highest BCUT2D eigenvalue weighted by atomic mass is 16.6. The van der Waals surface area contributed by atoms with Crippen molar-refractivity contribution in [1.82, 2.24) is 0 Å². The van der Waals surface area contributed by atoms with Gasteiger partial charge in [0.1, 0.15) is 12.0 Å². The van der Waals surface area contributed by atoms with Crippen molar-refractivity contribution >= 4 is 11.8 Å². The third kappa shape index (κ3) is 1.88. The average molecular weight is 252 g/mol. The van der Waals surface area contributed by atoms with E-state index in [-0.39, 0.29) is 30.2 Å². The molecule has 2 bridgehead atoms. The average Bonchev–Trinajstić information content (AvgIpc) is 2.54. The molecule has 0 N–H and O–H groups in total. The number of ketones is 1. The van der Waals surface area contributed by atoms with Gasteiger partial charge in [-0.1, -0.05) is 12.5 Å². The molecule has 0 saturated heterocycles. The van der Waals surface area contributed by atoms with Gasteiger partial charge in [0, 0.05) is 18.9 Å². The maximum atomic E-state index is 12.4. The van der Waals surface area contributed by atoms with E-state index in [9.17, 15) is 9.59 Å². The zero-order valence-corrected chi connectivity index (χ0v) is 10.8. The van der Waals surface area contributed by atoms with Crippen LogP contribution in [0.3, 0.4) is 0 Å². The molecular weight excluding hydrogens is 232 g/mol. The number of hydrogen-bond acceptors (Lipinski definition) is 4. The van der Waals surface area contributed by atoms with Crippen LogP contribution in [0.5, 0.6) is 0 Å². The van der Waals surface area contributed by atoms with Crippen molar-refractivity contribution in [2.45, 2.75) is 25.7 Å². The minimum absolute atomic E-state index is 0.0247. The molecule has 0 aliphatic heterocycles. The molecule has 18 heavy (non-hydrogen) atoms. The Balaban J connectivity index is 2.17. The Bertz CT molecular complexity index is 363. The summed E-state index contributed by atoms with van der Waals surface area (Å²) in [4.78, 5) is 24.7. The first-order valence-electron chi connectivity index (χ1n) is 6.50. The summed E-state index contributed by atoms with van der Waals surface area (Å²) in [6, 6.07) is 0. The van der Waals surface area contributed by atoms with Crippen molar-refractivity contribution < 1.29 is 19.1 Å². The Morgan fingerprint density at radius 1 is 1.56 bits per heavy atom. The van der Waals surface area contributed by atoms with Gasteiger partial charge in [-0.3, -0.25) is 9.59 Å². The standard InChI is InChI=1S/C14H20O4/c1-3-11-9-10-5-4-6-14(11,12(10)15)13(16)18-8-7-17-2/h3,10-11H,1,4-9H2,2H3/t10-,11+,14-/m1/s1. The number of methoxy groups -OCH3 is 1. The number of Topliss-reactive ketones (excluding diaryl/α,β-unsaturated/α-hetero) is 1. The summed E-state index contributed by atoms with van der Waals surface area (Å²) in [6.07, 6.45) is 4.92. The summed E-state index contributed by atoms with van der Waals surface area (Å²) >= 11 is 0. The van der Waals surface area contributed by atoms with E-state index in [0.717, 1.165) is 19.3 Å². The molecular formula is C14H20O4. The predicted octanol–water partition coefficient (Wildman–Crippen LogP) is 1.74. The zero-order chi connectivity index (χ0) is 13.2. The number of ether oxygens (including phenoxy) is 2. The fourth-order valence-electron chi connectivity index (χ4n) is 3.34. The lowest BCUT2D eigenvalue weighted by Crippen LogP contribution is -2.44. The number of hydrogen-bond donors (Lipinski definition) is 0. The van der Waals surface area contributed by atoms with E-state index in [2.05, 4.69) is 6.58 Å². The number of carbonyl (C=O) groups excluding carboxylic acids is 2. The number of carbonyl (C=O) groups is 2. The summed E-state index contributed by atoms with van der Waals surface area (Å²) in [7, 11) is 1.55. The molecule has 0 radical (unpaired) electrons. The fourth-order valence-corrected chi connectivity index (χ4v) is 3.34. The number of rotatable bonds is 5. The van der Waals surface area contributed by atoms with E-state index in [1.807, 2.05) is 0 Å². The van der Waals surface area contributed by atoms with Crippen LogP contribution in [0.1, 0.15) is 25.7 Å². The van der Waals surface area contributed by atoms with E-state index in [0.29, 0.717) is 13.0 Å². The monoisotopic (exact) mass is 252 g/mol. The lowest BCUT2D eigenvalue weighted by molar-refractivity contribution is -0.164. The molecule has 0 aromatic heterocycles. The highest BCUT2D eigenvalue weighted by Gasteiger charge is 2.60. The third-order valence-electron chi connectivity index (χ3n) is 4.27. The Hall–Kier alpha value is -1.16. The van der Waals surface area contributed by atoms with E-state index in [1.54, 1.807) is 13.2 Å². The molecule has 4 heteroatoms. The van der Waals surface area contributed by atoms with Crippen LogP contribution < -0.4 is 0 Å². The van der Waals surface area contributed by atoms with Crippen LogP contribution in [-0.4, -0.2) is 32.1 Å². The van der Waals surface area contributed by atoms with Gasteiger partial charge in [0.25, 0.3) is 0 Å². The minimum atomic E-state index is -0.946. The summed E-state index contributed by atoms with van der Waals surface area (Å²) in [5.41, 5.74) is -0.946. The summed E-state index contributed by atoms with van der Waals surface area (Å²) in [5.74, 6) is -0.345. The Kier molecular flexibility index (Phi) is 3.85. The fraction of sp³-hybridized carbons (Fsp3) is 0.714. The minimum Gasteiger partial charge on any atom is -0.462 e. The Morgan fingerprint density at radius 2 is 2.33 bits per heavy atom. The second kappa shape index (κ2) is 5.22. The SMILES string of the molecule is C=C[C@H]1C[C@H]2CCC[C@]1(C(=O)OCCOC)C2=O. The Morgan fingerprint density at radius 3 is 3.00 bits per heavy atom. The maximum Gasteiger partial charge on any atom is 0.320 e. The zero-order valence-electron chi connectivity index (χ0n) is 10.8. The lowest BCUT2D eigenvalue weighted by Gasteiger charge is -2.32. The normalized spacial score (nSPS) is 34.4. The molecule has 0 aromatic carbocycles. The van der Waals surface area contributed by atoms with Gasteiger partial charge in [-0.25, -0.2) is 0 Å². The predicted molar refractivity (Wildman–Crippen MR) is 65.9 cm³/mol. The molecule has 0 spiro atoms. The van der Waals surface area contributed by atoms with Gasteiger partial charge in [-0.2, -0.15) is 0 Å². The molecule has 4 nitrogen and oxygen atoms in total. The van der Waals surface area contributed by atoms with E-state index in [4.69, 9.17) is 9.47 Å². The molecule has 2 aliphatic rings. The second-order valence-electron chi connectivity index (χ2n) is 5.13. The van der Waals surface area contributed by atoms with Crippen molar-refractivity contribution in [3.63, 3.8) is 0 Å². The van der Waals surface area contributed by atoms with Gasteiger partial charge < -0.3 is 9.47 Å². The Labute approximate surface area is 107 Å². The van der Waals surface area contributed by atoms with Crippen molar-refractivity contribution in [2.24, 2.45) is 17.3 Å². The maximum absolute atomic E-state index is 12.4. The van der Waals surface area contributed by atoms with E-state index in [1.165, 1.54) is 0 Å². The van der Waals surface area contributed by atoms with Crippen LogP contribution >= 0.6 is 0 Å². The van der Waals surface area contributed by atoms with Crippen molar-refractivity contribution in [3.8, 4) is 0 Å². The van der Waals surface area contributed by atoms with Crippen LogP contribution in [-0.2, 0) is 19.1 Å². The van der Waals surface area contributed by atoms with Crippen molar-refractivity contribution in [3.05, 3.63) is 12.7 Å². The van der Waals surface area contributed by atoms with Crippen LogP contribution in [0.2, 0.25) is 0 Å². The largest absolute Gasteiger partial charge is 0.462 e. The molecule has 0 heterocycles. The molecule has 2 rings (SSSR count). The third-order valence-corrected chi connectivity index (χ3v) is 4.27. The summed E-state index contributed by atoms with van der Waals surface area (Å²) < 4.78 is 10.1. The van der Waals surface area contributed by atoms with Crippen molar-refractivity contribution in [1.29, 1.82) is 0 Å². The highest BCUT2D eigenvalue weighted by molar-refractivity contribution is 6.07. The van der Waals surface area contributed by atoms with Crippen LogP contribution in [0, 0.1) is 17.3 Å². The summed E-state index contributed by atoms with van der Waals surface area (Å²) in [5, 5.41) is 0. The molecule has 2 fully saturated rings. The molecule has 100 valence electrons. The molecule has 2 saturated carbocycles. The van der Waals surface area contributed by atoms with E-state index >= 15 is 0 Å². The number of esters is 1. The lowest BCUT2D eigenvalue weighted by atomic mass is 9.70. The molecule has 2 aliphatic carbocycles. The topological polar surface area (TPSA) is 52.6 Å². The molecule has 0 amide bonds. The van der Waals surface area contributed by atoms with Gasteiger partial charge in [0.15, 0.2) is 5.78 Å². The molecule has 0 aromatic rings. The molecule has 0 unspecified atom stereocenters. The van der Waals surface area contributed by atoms with Crippen LogP contribution in [0.25, 0.3) is 0 Å². The van der Waals surface area contributed by atoms with Crippen LogP contribution in [0.4, 0.5) is 0 Å². The first-order valence-corrected chi connectivity index (χ1v) is 6.50. The first-order chi connectivity index (χ1) is 8.66. The number of fused-ring (bicyclic) bond motifs is 2. The first kappa shape index (κ1) is 13.3. The quantitative estimate of drug-likeness (QED) is 0.324. The van der Waals surface area contributed by atoms with Gasteiger partial charge in [0.05, 0.1) is 6.61 Å². The van der Waals surface area contributed by atoms with Gasteiger partial charge in [-0.05, 0) is 19.3 Å². The van der Waals surface area contributed by atoms with Gasteiger partial charge in [-0.15, -0.1) is 6.58 Å². The van der Waals surface area contributed by atoms with E-state index < -0.39 is 5.41 Å². The molecule has 3 atom stereocenters. The van der Waals surface area contributed by atoms with Gasteiger partial charge >= 0.3 is 5.97 Å². The smallest absolute Gasteiger partial charge is 0.320 e. The second-order valence-corrected chi connectivity index (χ2v) is 5.13. The highest BCUT2D eigenvalue weighted by Crippen LogP contribution is 2.53. The van der Waals surface area contributed by atoms with Crippen molar-refractivity contribution in [2.75, 3.05) is 20.3 Å². The number of allylic oxidation sites excluding steroid dienone is 1. The van der Waals surface area contributed by atoms with Crippen LogP contribution in [0.15, 0.2) is 12.7 Å². The van der Waals surface area contributed by atoms with Gasteiger partial charge in [0.2, 0.25) is 0 Å².